The van der Waals surface area contributed by atoms with Crippen molar-refractivity contribution < 1.29 is 175 Å². The van der Waals surface area contributed by atoms with Gasteiger partial charge < -0.3 is 175 Å². The number of ether oxygens (including phenoxy) is 24. The highest BCUT2D eigenvalue weighted by molar-refractivity contribution is 4.64. The maximum atomic E-state index is 9.18. The van der Waals surface area contributed by atoms with E-state index in [4.69, 9.17) is 170 Å². The van der Waals surface area contributed by atoms with Crippen LogP contribution < -0.4 is 0 Å². The van der Waals surface area contributed by atoms with E-state index < -0.39 is 48.8 Å². The molecule has 0 saturated heterocycles. The minimum absolute atomic E-state index is 0. The molecule has 14 unspecified atom stereocenters. The van der Waals surface area contributed by atoms with Crippen molar-refractivity contribution in [1.29, 1.82) is 0 Å². The molecule has 0 saturated carbocycles. The van der Waals surface area contributed by atoms with Gasteiger partial charge in [0.25, 0.3) is 0 Å². The molecule has 0 radical (unpaired) electrons. The third-order valence-corrected chi connectivity index (χ3v) is 13.1. The fraction of sp³-hybridized carbons (Fsp3) is 1.00. The molecule has 0 aromatic heterocycles. The van der Waals surface area contributed by atoms with Crippen LogP contribution in [0.15, 0.2) is 0 Å². The number of rotatable bonds is 82. The molecule has 14 atom stereocenters. The number of hydrogen-bond acceptors (Lipinski definition) is 36. The molecule has 138 heavy (non-hydrogen) atoms. The van der Waals surface area contributed by atoms with Crippen LogP contribution in [0.4, 0.5) is 0 Å². The Bertz CT molecular complexity index is 1630. The fourth-order valence-electron chi connectivity index (χ4n) is 8.03. The summed E-state index contributed by atoms with van der Waals surface area (Å²) in [6.07, 6.45) is -3.39. The largest absolute Gasteiger partial charge is 0.394 e. The summed E-state index contributed by atoms with van der Waals surface area (Å²) in [5.74, 6) is 0.473. The van der Waals surface area contributed by atoms with Crippen LogP contribution in [0.1, 0.15) is 295 Å². The molecule has 0 bridgehead atoms. The summed E-state index contributed by atoms with van der Waals surface area (Å²) in [6.45, 7) is 42.3. The van der Waals surface area contributed by atoms with Crippen molar-refractivity contribution in [3.8, 4) is 0 Å². The Morgan fingerprint density at radius 1 is 0.145 bits per heavy atom. The minimum Gasteiger partial charge on any atom is -0.394 e. The molecule has 0 amide bonds. The SMILES string of the molecule is C.C.C.C.C.C.C.C.C.C.C.C.C.C.C.C.C.C.C.C.C.C.C.C.CC(C)COCC(COCC(C)O)OCC(C)O.CC(O)COCCOCC(COCCOCC(C)O)OCCOCC(C)O.CC(O)COCCOCC(COCCOCC(C)O)OCCOCC(C)O.CCCOC(C)COCC(COCC(C)OCCO)OCC(C)OCCO.CCCOCC(COCCO)OCCO. The first-order chi connectivity index (χ1) is 54.6. The second kappa shape index (κ2) is 172. The summed E-state index contributed by atoms with van der Waals surface area (Å²) < 4.78 is 131. The molecule has 0 rings (SSSR count). The van der Waals surface area contributed by atoms with E-state index in [0.717, 1.165) is 19.4 Å². The molecule has 0 fully saturated rings. The van der Waals surface area contributed by atoms with Crippen LogP contribution >= 0.6 is 0 Å². The van der Waals surface area contributed by atoms with E-state index in [1.807, 2.05) is 27.7 Å². The standard InChI is InChI=1S/C19H40O8.2C18H38O9.C13H28O5.C10H22O5.24CH4/c1-5-8-24-16(2)11-22-14-19(27-13-18(4)26-10-7-21)15-23-12-17(3)25-9-6-20;2*1-15(19)10-22-4-6-25-13-18(27-9-8-24-12-17(3)21)14-26-7-5-23-11-16(2)20;1-10(2)5-16-8-13(18-7-12(4)15)9-17-6-11(3)14;1-2-5-13-8-10(15-7-4-12)9-14-6-3-11;;;;;;;;;;;;;;;;;;;;;;;;/h16-21H,5-15H2,1-4H3;2*15-21H,4-14H2,1-3H3;10-15H,5-9H2,1-4H3;10-12H,2-9H2,1H3;24*1H4. The van der Waals surface area contributed by atoms with Gasteiger partial charge in [-0.15, -0.1) is 0 Å². The summed E-state index contributed by atoms with van der Waals surface area (Å²) in [4.78, 5) is 0. The molecule has 0 aromatic rings. The van der Waals surface area contributed by atoms with Crippen molar-refractivity contribution in [3.05, 3.63) is 0 Å². The lowest BCUT2D eigenvalue weighted by atomic mass is 10.2. The molecule has 0 aromatic carbocycles. The minimum atomic E-state index is -0.505. The van der Waals surface area contributed by atoms with Crippen molar-refractivity contribution in [2.24, 2.45) is 5.92 Å². The van der Waals surface area contributed by atoms with E-state index in [1.165, 1.54) is 0 Å². The lowest BCUT2D eigenvalue weighted by Gasteiger charge is -2.22. The third kappa shape index (κ3) is 196. The Labute approximate surface area is 860 Å². The third-order valence-electron chi connectivity index (χ3n) is 13.1. The molecule has 0 spiro atoms. The van der Waals surface area contributed by atoms with Crippen molar-refractivity contribution >= 4 is 0 Å². The first kappa shape index (κ1) is 217. The van der Waals surface area contributed by atoms with Gasteiger partial charge in [-0.25, -0.2) is 0 Å². The summed E-state index contributed by atoms with van der Waals surface area (Å²) in [7, 11) is 0. The van der Waals surface area contributed by atoms with Gasteiger partial charge in [-0.1, -0.05) is 206 Å². The molecule has 0 aliphatic rings. The number of aliphatic hydroxyl groups is 12. The monoisotopic (exact) mass is 2060 g/mol. The van der Waals surface area contributed by atoms with Gasteiger partial charge in [0.2, 0.25) is 0 Å². The van der Waals surface area contributed by atoms with Crippen LogP contribution in [0.5, 0.6) is 0 Å². The van der Waals surface area contributed by atoms with Gasteiger partial charge in [-0.3, -0.25) is 0 Å². The van der Waals surface area contributed by atoms with Crippen molar-refractivity contribution in [2.75, 3.05) is 291 Å². The topological polar surface area (TPSA) is 464 Å². The first-order valence-electron chi connectivity index (χ1n) is 40.7. The van der Waals surface area contributed by atoms with E-state index >= 15 is 0 Å². The van der Waals surface area contributed by atoms with Gasteiger partial charge in [0.15, 0.2) is 0 Å². The summed E-state index contributed by atoms with van der Waals surface area (Å²) in [5, 5.41) is 108. The zero-order valence-electron chi connectivity index (χ0n) is 72.5. The van der Waals surface area contributed by atoms with Crippen molar-refractivity contribution in [3.63, 3.8) is 0 Å². The first-order valence-corrected chi connectivity index (χ1v) is 40.7. The average Bonchev–Trinajstić information content (AvgIpc) is 0.993. The molecule has 886 valence electrons. The van der Waals surface area contributed by atoms with Crippen molar-refractivity contribution in [2.45, 2.75) is 393 Å². The second-order valence-electron chi connectivity index (χ2n) is 27.6. The normalized spacial score (nSPS) is 13.1. The number of hydrogen-bond donors (Lipinski definition) is 12. The Kier molecular flexibility index (Phi) is 270. The van der Waals surface area contributed by atoms with Gasteiger partial charge in [-0.2, -0.15) is 0 Å². The Morgan fingerprint density at radius 3 is 0.551 bits per heavy atom. The van der Waals surface area contributed by atoms with Gasteiger partial charge in [0.05, 0.1) is 338 Å². The average molecular weight is 2070 g/mol. The predicted octanol–water partition coefficient (Wildman–Crippen LogP) is 16.1. The summed E-state index contributed by atoms with van der Waals surface area (Å²) in [5.41, 5.74) is 0. The maximum absolute atomic E-state index is 9.18. The van der Waals surface area contributed by atoms with E-state index in [9.17, 15) is 5.11 Å². The molecule has 0 heterocycles. The van der Waals surface area contributed by atoms with E-state index in [1.54, 1.807) is 55.4 Å². The van der Waals surface area contributed by atoms with Gasteiger partial charge in [0.1, 0.15) is 30.5 Å². The Balaban J connectivity index is -0.0000000387. The highest BCUT2D eigenvalue weighted by Crippen LogP contribution is 2.07. The summed E-state index contributed by atoms with van der Waals surface area (Å²) in [6, 6.07) is 0. The van der Waals surface area contributed by atoms with Gasteiger partial charge in [0, 0.05) is 19.8 Å². The summed E-state index contributed by atoms with van der Waals surface area (Å²) >= 11 is 0. The van der Waals surface area contributed by atoms with E-state index in [-0.39, 0.29) is 320 Å². The molecular formula is C102H262O36. The second-order valence-corrected chi connectivity index (χ2v) is 27.6. The van der Waals surface area contributed by atoms with Crippen LogP contribution in [0.25, 0.3) is 0 Å². The lowest BCUT2D eigenvalue weighted by Crippen LogP contribution is -2.32. The van der Waals surface area contributed by atoms with Crippen LogP contribution in [0.2, 0.25) is 0 Å². The molecule has 0 aliphatic carbocycles. The van der Waals surface area contributed by atoms with Crippen LogP contribution in [-0.2, 0) is 114 Å². The Morgan fingerprint density at radius 2 is 0.312 bits per heavy atom. The zero-order valence-corrected chi connectivity index (χ0v) is 72.5. The maximum Gasteiger partial charge on any atom is 0.104 e. The molecular weight excluding hydrogens is 1800 g/mol. The highest BCUT2D eigenvalue weighted by atomic mass is 16.6. The number of aliphatic hydroxyl groups excluding tert-OH is 12. The predicted molar refractivity (Wildman–Crippen MR) is 587 cm³/mol. The van der Waals surface area contributed by atoms with Gasteiger partial charge >= 0.3 is 0 Å². The van der Waals surface area contributed by atoms with Crippen LogP contribution in [0.3, 0.4) is 0 Å². The van der Waals surface area contributed by atoms with E-state index in [0.29, 0.717) is 198 Å². The smallest absolute Gasteiger partial charge is 0.104 e. The highest BCUT2D eigenvalue weighted by Gasteiger charge is 2.18. The van der Waals surface area contributed by atoms with Crippen LogP contribution in [0, 0.1) is 5.92 Å². The molecule has 12 N–H and O–H groups in total. The zero-order chi connectivity index (χ0) is 86.3. The molecule has 36 nitrogen and oxygen atoms in total. The van der Waals surface area contributed by atoms with E-state index in [2.05, 4.69) is 20.8 Å². The van der Waals surface area contributed by atoms with Gasteiger partial charge in [-0.05, 0) is 94.9 Å². The fourth-order valence-corrected chi connectivity index (χ4v) is 8.03. The molecule has 0 aliphatic heterocycles. The Hall–Kier alpha value is -1.44. The van der Waals surface area contributed by atoms with Crippen molar-refractivity contribution in [1.82, 2.24) is 0 Å². The quantitative estimate of drug-likeness (QED) is 0.0252. The molecule has 36 heteroatoms. The van der Waals surface area contributed by atoms with Crippen LogP contribution in [-0.4, -0.2) is 450 Å². The lowest BCUT2D eigenvalue weighted by molar-refractivity contribution is -0.110.